The van der Waals surface area contributed by atoms with Crippen molar-refractivity contribution < 1.29 is 22.7 Å². The Labute approximate surface area is 161 Å². The van der Waals surface area contributed by atoms with Crippen LogP contribution in [0.1, 0.15) is 58.3 Å². The van der Waals surface area contributed by atoms with Gasteiger partial charge in [-0.15, -0.1) is 0 Å². The van der Waals surface area contributed by atoms with Gasteiger partial charge < -0.3 is 4.74 Å². The van der Waals surface area contributed by atoms with Gasteiger partial charge in [0.2, 0.25) is 0 Å². The third-order valence-corrected chi connectivity index (χ3v) is 8.75. The molecule has 0 aromatic heterocycles. The number of carbonyl (C=O) groups excluding carboxylic acids is 1. The number of hydrogen-bond donors (Lipinski definition) is 0. The summed E-state index contributed by atoms with van der Waals surface area (Å²) in [4.78, 5) is 12.3. The lowest BCUT2D eigenvalue weighted by atomic mass is 9.71. The molecule has 1 aromatic carbocycles. The van der Waals surface area contributed by atoms with Crippen LogP contribution < -0.4 is 4.74 Å². The van der Waals surface area contributed by atoms with Crippen LogP contribution in [0, 0.1) is 35.2 Å². The Balaban J connectivity index is 1.47. The standard InChI is InChI=1S/C21H29F3O2Si/c1-2-27-17-9-7-14(8-10-17)13-3-5-15(6-4-13)21(25)26-16-11-18(22)20(24)19(23)12-16/h11-15,17H,2-10,27H2,1H3. The van der Waals surface area contributed by atoms with E-state index in [1.54, 1.807) is 0 Å². The lowest BCUT2D eigenvalue weighted by Crippen LogP contribution is -2.30. The number of halogens is 3. The van der Waals surface area contributed by atoms with Crippen LogP contribution in [-0.2, 0) is 4.79 Å². The zero-order valence-electron chi connectivity index (χ0n) is 16.0. The predicted molar refractivity (Wildman–Crippen MR) is 102 cm³/mol. The Bertz CT molecular complexity index is 628. The molecular formula is C21H29F3O2Si. The zero-order valence-corrected chi connectivity index (χ0v) is 17.4. The van der Waals surface area contributed by atoms with E-state index in [1.807, 2.05) is 0 Å². The smallest absolute Gasteiger partial charge is 0.314 e. The van der Waals surface area contributed by atoms with Gasteiger partial charge in [0, 0.05) is 21.7 Å². The molecule has 0 radical (unpaired) electrons. The molecular weight excluding hydrogens is 369 g/mol. The number of esters is 1. The Morgan fingerprint density at radius 3 is 2.00 bits per heavy atom. The molecule has 2 nitrogen and oxygen atoms in total. The number of carbonyl (C=O) groups is 1. The maximum atomic E-state index is 13.3. The molecule has 0 atom stereocenters. The van der Waals surface area contributed by atoms with E-state index < -0.39 is 23.4 Å². The van der Waals surface area contributed by atoms with Crippen LogP contribution in [-0.4, -0.2) is 15.5 Å². The first-order valence-corrected chi connectivity index (χ1v) is 12.2. The van der Waals surface area contributed by atoms with Crippen molar-refractivity contribution in [1.82, 2.24) is 0 Å². The van der Waals surface area contributed by atoms with Crippen molar-refractivity contribution in [3.8, 4) is 5.75 Å². The maximum absolute atomic E-state index is 13.3. The van der Waals surface area contributed by atoms with E-state index in [-0.39, 0.29) is 21.2 Å². The average molecular weight is 399 g/mol. The molecule has 0 bridgehead atoms. The fraction of sp³-hybridized carbons (Fsp3) is 0.667. The number of rotatable bonds is 5. The minimum atomic E-state index is -1.55. The first-order chi connectivity index (χ1) is 13.0. The zero-order chi connectivity index (χ0) is 19.4. The molecule has 0 amide bonds. The summed E-state index contributed by atoms with van der Waals surface area (Å²) in [5.41, 5.74) is 1.04. The Hall–Kier alpha value is -1.30. The normalized spacial score (nSPS) is 29.2. The highest BCUT2D eigenvalue weighted by molar-refractivity contribution is 6.37. The summed E-state index contributed by atoms with van der Waals surface area (Å²) >= 11 is 0. The van der Waals surface area contributed by atoms with E-state index in [2.05, 4.69) is 6.92 Å². The first-order valence-electron chi connectivity index (χ1n) is 10.3. The van der Waals surface area contributed by atoms with Gasteiger partial charge in [-0.25, -0.2) is 13.2 Å². The summed E-state index contributed by atoms with van der Waals surface area (Å²) in [6.45, 7) is 2.31. The summed E-state index contributed by atoms with van der Waals surface area (Å²) in [7, 11) is 0.130. The van der Waals surface area contributed by atoms with Gasteiger partial charge >= 0.3 is 5.97 Å². The fourth-order valence-electron chi connectivity index (χ4n) is 4.97. The van der Waals surface area contributed by atoms with Crippen molar-refractivity contribution in [2.45, 2.75) is 69.9 Å². The van der Waals surface area contributed by atoms with Crippen LogP contribution in [0.3, 0.4) is 0 Å². The Morgan fingerprint density at radius 1 is 0.963 bits per heavy atom. The minimum absolute atomic E-state index is 0.130. The van der Waals surface area contributed by atoms with Gasteiger partial charge in [-0.2, -0.15) is 0 Å². The summed E-state index contributed by atoms with van der Waals surface area (Å²) in [5.74, 6) is -3.71. The molecule has 0 N–H and O–H groups in total. The quantitative estimate of drug-likeness (QED) is 0.287. The average Bonchev–Trinajstić information content (AvgIpc) is 2.67. The van der Waals surface area contributed by atoms with Crippen molar-refractivity contribution in [2.75, 3.05) is 0 Å². The number of hydrogen-bond acceptors (Lipinski definition) is 2. The van der Waals surface area contributed by atoms with Crippen LogP contribution in [0.25, 0.3) is 0 Å². The van der Waals surface area contributed by atoms with E-state index in [4.69, 9.17) is 4.74 Å². The third-order valence-electron chi connectivity index (χ3n) is 6.54. The molecule has 0 saturated heterocycles. The number of ether oxygens (including phenoxy) is 1. The molecule has 150 valence electrons. The summed E-state index contributed by atoms with van der Waals surface area (Å²) in [6.07, 6.45) is 9.04. The van der Waals surface area contributed by atoms with Crippen LogP contribution in [0.15, 0.2) is 12.1 Å². The molecule has 3 rings (SSSR count). The Morgan fingerprint density at radius 2 is 1.48 bits per heavy atom. The predicted octanol–water partition coefficient (Wildman–Crippen LogP) is 5.40. The van der Waals surface area contributed by atoms with Gasteiger partial charge in [-0.3, -0.25) is 4.79 Å². The van der Waals surface area contributed by atoms with E-state index in [0.29, 0.717) is 5.92 Å². The SMILES string of the molecule is CC[SiH2]C1CCC(C2CCC(C(=O)Oc3cc(F)c(F)c(F)c3)CC2)CC1. The molecule has 0 heterocycles. The topological polar surface area (TPSA) is 26.3 Å². The summed E-state index contributed by atoms with van der Waals surface area (Å²) in [6, 6.07) is 2.85. The van der Waals surface area contributed by atoms with Crippen molar-refractivity contribution >= 4 is 15.5 Å². The fourth-order valence-corrected chi connectivity index (χ4v) is 6.84. The van der Waals surface area contributed by atoms with Gasteiger partial charge in [0.1, 0.15) is 5.75 Å². The molecule has 2 fully saturated rings. The van der Waals surface area contributed by atoms with Crippen molar-refractivity contribution in [3.05, 3.63) is 29.6 Å². The van der Waals surface area contributed by atoms with E-state index in [0.717, 1.165) is 49.3 Å². The molecule has 6 heteroatoms. The largest absolute Gasteiger partial charge is 0.426 e. The van der Waals surface area contributed by atoms with Crippen molar-refractivity contribution in [3.63, 3.8) is 0 Å². The van der Waals surface area contributed by atoms with Crippen LogP contribution in [0.4, 0.5) is 13.2 Å². The molecule has 2 aliphatic carbocycles. The first kappa shape index (κ1) is 20.4. The van der Waals surface area contributed by atoms with Gasteiger partial charge in [-0.1, -0.05) is 44.2 Å². The molecule has 0 aliphatic heterocycles. The second-order valence-electron chi connectivity index (χ2n) is 8.30. The molecule has 2 aliphatic rings. The van der Waals surface area contributed by atoms with E-state index in [9.17, 15) is 18.0 Å². The lowest BCUT2D eigenvalue weighted by molar-refractivity contribution is -0.140. The van der Waals surface area contributed by atoms with Crippen LogP contribution in [0.2, 0.25) is 11.6 Å². The third kappa shape index (κ3) is 5.15. The van der Waals surface area contributed by atoms with Gasteiger partial charge in [0.25, 0.3) is 0 Å². The van der Waals surface area contributed by atoms with E-state index in [1.165, 1.54) is 31.7 Å². The highest BCUT2D eigenvalue weighted by Crippen LogP contribution is 2.43. The summed E-state index contributed by atoms with van der Waals surface area (Å²) < 4.78 is 44.6. The van der Waals surface area contributed by atoms with Crippen LogP contribution in [0.5, 0.6) is 5.75 Å². The lowest BCUT2D eigenvalue weighted by Gasteiger charge is -2.37. The number of benzene rings is 1. The van der Waals surface area contributed by atoms with Gasteiger partial charge in [0.05, 0.1) is 5.92 Å². The Kier molecular flexibility index (Phi) is 7.01. The molecule has 0 unspecified atom stereocenters. The summed E-state index contributed by atoms with van der Waals surface area (Å²) in [5, 5.41) is 0. The molecule has 2 saturated carbocycles. The second kappa shape index (κ2) is 9.26. The van der Waals surface area contributed by atoms with Crippen molar-refractivity contribution in [2.24, 2.45) is 17.8 Å². The molecule has 0 spiro atoms. The maximum Gasteiger partial charge on any atom is 0.314 e. The highest BCUT2D eigenvalue weighted by atomic mass is 28.2. The molecule has 1 aromatic rings. The molecule has 27 heavy (non-hydrogen) atoms. The monoisotopic (exact) mass is 398 g/mol. The van der Waals surface area contributed by atoms with Gasteiger partial charge in [-0.05, 0) is 37.5 Å². The minimum Gasteiger partial charge on any atom is -0.426 e. The highest BCUT2D eigenvalue weighted by Gasteiger charge is 2.33. The van der Waals surface area contributed by atoms with Crippen LogP contribution >= 0.6 is 0 Å². The van der Waals surface area contributed by atoms with Crippen molar-refractivity contribution in [1.29, 1.82) is 0 Å². The van der Waals surface area contributed by atoms with Gasteiger partial charge in [0.15, 0.2) is 17.5 Å². The van der Waals surface area contributed by atoms with E-state index >= 15 is 0 Å². The second-order valence-corrected chi connectivity index (χ2v) is 11.0.